The molecular formula is C12H17N5O2S. The lowest BCUT2D eigenvalue weighted by atomic mass is 9.92. The standard InChI is InChI=1S/C12H17N5O2S/c1-8(2)12(3,19)6-13-11(18)10-9(4-5-20-10)17-7-14-15-16-17/h4-5,7-8,19H,6H2,1-3H3,(H,13,18). The van der Waals surface area contributed by atoms with Gasteiger partial charge in [-0.05, 0) is 34.7 Å². The van der Waals surface area contributed by atoms with Gasteiger partial charge >= 0.3 is 0 Å². The van der Waals surface area contributed by atoms with Gasteiger partial charge in [0.25, 0.3) is 5.91 Å². The summed E-state index contributed by atoms with van der Waals surface area (Å²) in [6.07, 6.45) is 1.43. The predicted molar refractivity (Wildman–Crippen MR) is 74.8 cm³/mol. The number of amides is 1. The van der Waals surface area contributed by atoms with Crippen molar-refractivity contribution in [2.75, 3.05) is 6.54 Å². The van der Waals surface area contributed by atoms with E-state index in [2.05, 4.69) is 20.8 Å². The van der Waals surface area contributed by atoms with Gasteiger partial charge in [0.2, 0.25) is 0 Å². The number of carbonyl (C=O) groups excluding carboxylic acids is 1. The van der Waals surface area contributed by atoms with Crippen molar-refractivity contribution in [2.24, 2.45) is 5.92 Å². The Morgan fingerprint density at radius 1 is 1.60 bits per heavy atom. The number of carbonyl (C=O) groups is 1. The molecule has 2 rings (SSSR count). The van der Waals surface area contributed by atoms with E-state index in [4.69, 9.17) is 0 Å². The van der Waals surface area contributed by atoms with Crippen molar-refractivity contribution in [3.63, 3.8) is 0 Å². The van der Waals surface area contributed by atoms with Crippen LogP contribution < -0.4 is 5.32 Å². The second-order valence-electron chi connectivity index (χ2n) is 5.08. The van der Waals surface area contributed by atoms with Gasteiger partial charge in [-0.25, -0.2) is 0 Å². The highest BCUT2D eigenvalue weighted by molar-refractivity contribution is 7.12. The van der Waals surface area contributed by atoms with Crippen LogP contribution in [0.1, 0.15) is 30.4 Å². The van der Waals surface area contributed by atoms with Gasteiger partial charge in [0.15, 0.2) is 0 Å². The van der Waals surface area contributed by atoms with Gasteiger partial charge in [0, 0.05) is 6.54 Å². The molecule has 0 saturated carbocycles. The first-order valence-corrected chi connectivity index (χ1v) is 7.11. The number of hydrogen-bond donors (Lipinski definition) is 2. The largest absolute Gasteiger partial charge is 0.388 e. The van der Waals surface area contributed by atoms with Gasteiger partial charge < -0.3 is 10.4 Å². The molecule has 1 atom stereocenters. The summed E-state index contributed by atoms with van der Waals surface area (Å²) >= 11 is 1.30. The van der Waals surface area contributed by atoms with Crippen molar-refractivity contribution in [1.82, 2.24) is 25.5 Å². The number of nitrogens with one attached hydrogen (secondary N) is 1. The van der Waals surface area contributed by atoms with E-state index in [9.17, 15) is 9.90 Å². The Morgan fingerprint density at radius 3 is 2.95 bits per heavy atom. The first kappa shape index (κ1) is 14.6. The lowest BCUT2D eigenvalue weighted by Gasteiger charge is -2.27. The molecule has 2 aromatic heterocycles. The average molecular weight is 295 g/mol. The molecule has 0 spiro atoms. The lowest BCUT2D eigenvalue weighted by molar-refractivity contribution is 0.0143. The molecule has 0 aliphatic rings. The third-order valence-corrected chi connectivity index (χ3v) is 4.20. The van der Waals surface area contributed by atoms with Crippen LogP contribution in [-0.4, -0.2) is 43.4 Å². The van der Waals surface area contributed by atoms with Gasteiger partial charge in [-0.15, -0.1) is 16.4 Å². The van der Waals surface area contributed by atoms with Crippen LogP contribution in [0.4, 0.5) is 0 Å². The quantitative estimate of drug-likeness (QED) is 0.853. The first-order valence-electron chi connectivity index (χ1n) is 6.23. The smallest absolute Gasteiger partial charge is 0.263 e. The normalized spacial score (nSPS) is 14.2. The topological polar surface area (TPSA) is 92.9 Å². The molecular weight excluding hydrogens is 278 g/mol. The van der Waals surface area contributed by atoms with Crippen LogP contribution >= 0.6 is 11.3 Å². The zero-order valence-corrected chi connectivity index (χ0v) is 12.4. The second kappa shape index (κ2) is 5.68. The molecule has 0 bridgehead atoms. The van der Waals surface area contributed by atoms with Gasteiger partial charge in [0.05, 0.1) is 11.3 Å². The Labute approximate surface area is 120 Å². The third kappa shape index (κ3) is 3.02. The fraction of sp³-hybridized carbons (Fsp3) is 0.500. The van der Waals surface area contributed by atoms with Crippen molar-refractivity contribution >= 4 is 17.2 Å². The van der Waals surface area contributed by atoms with Crippen molar-refractivity contribution in [1.29, 1.82) is 0 Å². The predicted octanol–water partition coefficient (Wildman–Crippen LogP) is 0.861. The Balaban J connectivity index is 2.10. The maximum Gasteiger partial charge on any atom is 0.263 e. The highest BCUT2D eigenvalue weighted by Crippen LogP contribution is 2.20. The maximum absolute atomic E-state index is 12.2. The van der Waals surface area contributed by atoms with Crippen molar-refractivity contribution < 1.29 is 9.90 Å². The molecule has 2 aromatic rings. The van der Waals surface area contributed by atoms with E-state index in [0.29, 0.717) is 10.6 Å². The molecule has 0 fully saturated rings. The number of tetrazole rings is 1. The third-order valence-electron chi connectivity index (χ3n) is 3.30. The Hall–Kier alpha value is -1.80. The SMILES string of the molecule is CC(C)C(C)(O)CNC(=O)c1sccc1-n1cnnn1. The first-order chi connectivity index (χ1) is 9.42. The summed E-state index contributed by atoms with van der Waals surface area (Å²) in [5, 5.41) is 25.6. The zero-order chi connectivity index (χ0) is 14.8. The molecule has 2 N–H and O–H groups in total. The molecule has 108 valence electrons. The highest BCUT2D eigenvalue weighted by Gasteiger charge is 2.26. The maximum atomic E-state index is 12.2. The summed E-state index contributed by atoms with van der Waals surface area (Å²) in [5.74, 6) is -0.198. The number of nitrogens with zero attached hydrogens (tertiary/aromatic N) is 4. The molecule has 0 aliphatic heterocycles. The molecule has 0 radical (unpaired) electrons. The summed E-state index contributed by atoms with van der Waals surface area (Å²) in [5.41, 5.74) is -0.316. The Kier molecular flexibility index (Phi) is 4.15. The second-order valence-corrected chi connectivity index (χ2v) is 6.00. The van der Waals surface area contributed by atoms with Crippen LogP contribution in [0, 0.1) is 5.92 Å². The monoisotopic (exact) mass is 295 g/mol. The van der Waals surface area contributed by atoms with E-state index >= 15 is 0 Å². The molecule has 7 nitrogen and oxygen atoms in total. The van der Waals surface area contributed by atoms with E-state index in [1.165, 1.54) is 22.3 Å². The average Bonchev–Trinajstić information content (AvgIpc) is 3.05. The fourth-order valence-corrected chi connectivity index (χ4v) is 2.26. The number of hydrogen-bond acceptors (Lipinski definition) is 6. The van der Waals surface area contributed by atoms with Gasteiger partial charge in [-0.3, -0.25) is 4.79 Å². The molecule has 2 heterocycles. The molecule has 0 aromatic carbocycles. The van der Waals surface area contributed by atoms with Crippen LogP contribution in [0.2, 0.25) is 0 Å². The van der Waals surface area contributed by atoms with Crippen LogP contribution in [0.25, 0.3) is 5.69 Å². The fourth-order valence-electron chi connectivity index (χ4n) is 1.47. The molecule has 20 heavy (non-hydrogen) atoms. The number of rotatable bonds is 5. The molecule has 0 aliphatic carbocycles. The van der Waals surface area contributed by atoms with E-state index in [1.54, 1.807) is 18.4 Å². The van der Waals surface area contributed by atoms with Crippen LogP contribution in [0.5, 0.6) is 0 Å². The van der Waals surface area contributed by atoms with E-state index < -0.39 is 5.60 Å². The number of thiophene rings is 1. The van der Waals surface area contributed by atoms with Crippen molar-refractivity contribution in [3.8, 4) is 5.69 Å². The highest BCUT2D eigenvalue weighted by atomic mass is 32.1. The summed E-state index contributed by atoms with van der Waals surface area (Å²) < 4.78 is 1.44. The van der Waals surface area contributed by atoms with Crippen LogP contribution in [0.15, 0.2) is 17.8 Å². The Bertz CT molecular complexity index is 576. The molecule has 8 heteroatoms. The minimum atomic E-state index is -0.943. The molecule has 0 saturated heterocycles. The van der Waals surface area contributed by atoms with Crippen LogP contribution in [-0.2, 0) is 0 Å². The summed E-state index contributed by atoms with van der Waals surface area (Å²) in [4.78, 5) is 12.7. The zero-order valence-electron chi connectivity index (χ0n) is 11.6. The van der Waals surface area contributed by atoms with E-state index in [1.807, 2.05) is 13.8 Å². The number of aliphatic hydroxyl groups is 1. The summed E-state index contributed by atoms with van der Waals surface area (Å²) in [7, 11) is 0. The van der Waals surface area contributed by atoms with Gasteiger partial charge in [0.1, 0.15) is 11.2 Å². The van der Waals surface area contributed by atoms with Crippen LogP contribution in [0.3, 0.4) is 0 Å². The van der Waals surface area contributed by atoms with E-state index in [0.717, 1.165) is 0 Å². The Morgan fingerprint density at radius 2 is 2.35 bits per heavy atom. The number of aromatic nitrogens is 4. The van der Waals surface area contributed by atoms with Crippen molar-refractivity contribution in [3.05, 3.63) is 22.7 Å². The lowest BCUT2D eigenvalue weighted by Crippen LogP contribution is -2.44. The molecule has 1 unspecified atom stereocenters. The summed E-state index contributed by atoms with van der Waals surface area (Å²) in [6, 6.07) is 1.77. The molecule has 1 amide bonds. The van der Waals surface area contributed by atoms with Gasteiger partial charge in [-0.1, -0.05) is 13.8 Å². The van der Waals surface area contributed by atoms with Gasteiger partial charge in [-0.2, -0.15) is 4.68 Å². The summed E-state index contributed by atoms with van der Waals surface area (Å²) in [6.45, 7) is 5.71. The minimum Gasteiger partial charge on any atom is -0.388 e. The minimum absolute atomic E-state index is 0.0464. The van der Waals surface area contributed by atoms with E-state index in [-0.39, 0.29) is 18.4 Å². The van der Waals surface area contributed by atoms with Crippen molar-refractivity contribution in [2.45, 2.75) is 26.4 Å².